The van der Waals surface area contributed by atoms with Crippen LogP contribution in [0.1, 0.15) is 0 Å². The molecular weight excluding hydrogens is 280 g/mol. The van der Waals surface area contributed by atoms with Crippen LogP contribution < -0.4 is 10.6 Å². The number of nitro benzene ring substituents is 1. The van der Waals surface area contributed by atoms with E-state index >= 15 is 0 Å². The van der Waals surface area contributed by atoms with Crippen molar-refractivity contribution < 1.29 is 4.92 Å². The normalized spacial score (nSPS) is 10.1. The van der Waals surface area contributed by atoms with Gasteiger partial charge in [-0.25, -0.2) is 0 Å². The highest BCUT2D eigenvalue weighted by molar-refractivity contribution is 6.33. The lowest BCUT2D eigenvalue weighted by Crippen LogP contribution is -2.13. The highest BCUT2D eigenvalue weighted by Gasteiger charge is 2.03. The van der Waals surface area contributed by atoms with Gasteiger partial charge in [-0.15, -0.1) is 0 Å². The van der Waals surface area contributed by atoms with E-state index in [2.05, 4.69) is 15.6 Å². The summed E-state index contributed by atoms with van der Waals surface area (Å²) in [5.74, 6) is 0. The molecule has 20 heavy (non-hydrogen) atoms. The van der Waals surface area contributed by atoms with Gasteiger partial charge in [0.1, 0.15) is 0 Å². The van der Waals surface area contributed by atoms with Crippen LogP contribution in [0.25, 0.3) is 0 Å². The zero-order chi connectivity index (χ0) is 14.4. The van der Waals surface area contributed by atoms with Crippen LogP contribution in [0, 0.1) is 10.1 Å². The number of hydrogen-bond acceptors (Lipinski definition) is 5. The van der Waals surface area contributed by atoms with Gasteiger partial charge in [0.25, 0.3) is 5.69 Å². The fourth-order valence-electron chi connectivity index (χ4n) is 1.62. The summed E-state index contributed by atoms with van der Waals surface area (Å²) in [6.45, 7) is 1.33. The molecule has 0 saturated carbocycles. The van der Waals surface area contributed by atoms with Crippen LogP contribution in [0.3, 0.4) is 0 Å². The number of hydrogen-bond donors (Lipinski definition) is 2. The van der Waals surface area contributed by atoms with Crippen LogP contribution in [0.2, 0.25) is 5.02 Å². The largest absolute Gasteiger partial charge is 0.383 e. The Kier molecular flexibility index (Phi) is 4.73. The van der Waals surface area contributed by atoms with Gasteiger partial charge in [0, 0.05) is 43.3 Å². The number of aromatic nitrogens is 1. The van der Waals surface area contributed by atoms with Gasteiger partial charge < -0.3 is 10.6 Å². The average molecular weight is 293 g/mol. The van der Waals surface area contributed by atoms with Crippen molar-refractivity contribution in [3.8, 4) is 0 Å². The van der Waals surface area contributed by atoms with Crippen LogP contribution in [-0.4, -0.2) is 23.0 Å². The predicted octanol–water partition coefficient (Wildman–Crippen LogP) is 3.17. The van der Waals surface area contributed by atoms with E-state index in [0.717, 1.165) is 11.4 Å². The van der Waals surface area contributed by atoms with E-state index in [9.17, 15) is 10.1 Å². The second-order valence-corrected chi connectivity index (χ2v) is 4.42. The van der Waals surface area contributed by atoms with Crippen molar-refractivity contribution in [2.45, 2.75) is 0 Å². The Morgan fingerprint density at radius 2 is 1.85 bits per heavy atom. The van der Waals surface area contributed by atoms with Crippen molar-refractivity contribution in [1.82, 2.24) is 4.98 Å². The minimum atomic E-state index is -0.420. The van der Waals surface area contributed by atoms with Gasteiger partial charge >= 0.3 is 0 Å². The smallest absolute Gasteiger partial charge is 0.269 e. The summed E-state index contributed by atoms with van der Waals surface area (Å²) >= 11 is 5.96. The Bertz CT molecular complexity index is 589. The number of nitro groups is 1. The third-order valence-electron chi connectivity index (χ3n) is 2.62. The Labute approximate surface area is 120 Å². The molecule has 0 bridgehead atoms. The maximum Gasteiger partial charge on any atom is 0.269 e. The lowest BCUT2D eigenvalue weighted by Gasteiger charge is -2.09. The molecule has 2 rings (SSSR count). The molecule has 2 aromatic rings. The molecule has 2 N–H and O–H groups in total. The van der Waals surface area contributed by atoms with Crippen molar-refractivity contribution in [3.63, 3.8) is 0 Å². The first-order valence-electron chi connectivity index (χ1n) is 5.98. The summed E-state index contributed by atoms with van der Waals surface area (Å²) in [6.07, 6.45) is 3.24. The molecule has 0 unspecified atom stereocenters. The van der Waals surface area contributed by atoms with Gasteiger partial charge in [-0.3, -0.25) is 15.1 Å². The maximum atomic E-state index is 10.5. The highest BCUT2D eigenvalue weighted by Crippen LogP contribution is 2.18. The van der Waals surface area contributed by atoms with Gasteiger partial charge in [-0.2, -0.15) is 0 Å². The Hall–Kier alpha value is -2.34. The minimum absolute atomic E-state index is 0.0808. The lowest BCUT2D eigenvalue weighted by atomic mass is 10.3. The molecule has 0 atom stereocenters. The summed E-state index contributed by atoms with van der Waals surface area (Å²) < 4.78 is 0. The van der Waals surface area contributed by atoms with Crippen LogP contribution in [0.5, 0.6) is 0 Å². The minimum Gasteiger partial charge on any atom is -0.383 e. The zero-order valence-corrected chi connectivity index (χ0v) is 11.3. The Morgan fingerprint density at radius 3 is 2.50 bits per heavy atom. The number of pyridine rings is 1. The predicted molar refractivity (Wildman–Crippen MR) is 79.3 cm³/mol. The van der Waals surface area contributed by atoms with E-state index in [4.69, 9.17) is 11.6 Å². The standard InChI is InChI=1S/C13H13ClN4O2/c14-12-9-15-6-5-13(12)17-8-7-16-10-1-3-11(4-2-10)18(19)20/h1-6,9,16H,7-8H2,(H,15,17). The first-order chi connectivity index (χ1) is 9.66. The van der Waals surface area contributed by atoms with Crippen molar-refractivity contribution in [3.05, 3.63) is 57.9 Å². The van der Waals surface area contributed by atoms with E-state index in [1.54, 1.807) is 30.6 Å². The number of nitrogens with zero attached hydrogens (tertiary/aromatic N) is 2. The van der Waals surface area contributed by atoms with E-state index in [0.29, 0.717) is 18.1 Å². The number of rotatable bonds is 6. The van der Waals surface area contributed by atoms with Gasteiger partial charge in [0.2, 0.25) is 0 Å². The maximum absolute atomic E-state index is 10.5. The molecule has 0 amide bonds. The molecule has 1 aromatic heterocycles. The fourth-order valence-corrected chi connectivity index (χ4v) is 1.81. The van der Waals surface area contributed by atoms with Crippen molar-refractivity contribution in [2.75, 3.05) is 23.7 Å². The number of anilines is 2. The molecule has 0 spiro atoms. The molecule has 0 aliphatic carbocycles. The molecule has 7 heteroatoms. The molecule has 6 nitrogen and oxygen atoms in total. The summed E-state index contributed by atoms with van der Waals surface area (Å²) in [7, 11) is 0. The van der Waals surface area contributed by atoms with Crippen molar-refractivity contribution >= 4 is 28.7 Å². The number of nitrogens with one attached hydrogen (secondary N) is 2. The molecule has 0 radical (unpaired) electrons. The van der Waals surface area contributed by atoms with E-state index in [-0.39, 0.29) is 5.69 Å². The zero-order valence-electron chi connectivity index (χ0n) is 10.5. The quantitative estimate of drug-likeness (QED) is 0.485. The first kappa shape index (κ1) is 14.1. The van der Waals surface area contributed by atoms with E-state index in [1.165, 1.54) is 12.1 Å². The highest BCUT2D eigenvalue weighted by atomic mass is 35.5. The molecule has 1 heterocycles. The number of halogens is 1. The second kappa shape index (κ2) is 6.72. The van der Waals surface area contributed by atoms with Crippen molar-refractivity contribution in [2.24, 2.45) is 0 Å². The van der Waals surface area contributed by atoms with Crippen molar-refractivity contribution in [1.29, 1.82) is 0 Å². The van der Waals surface area contributed by atoms with Crippen LogP contribution in [0.15, 0.2) is 42.7 Å². The van der Waals surface area contributed by atoms with Crippen LogP contribution in [-0.2, 0) is 0 Å². The Balaban J connectivity index is 1.79. The lowest BCUT2D eigenvalue weighted by molar-refractivity contribution is -0.384. The fraction of sp³-hybridized carbons (Fsp3) is 0.154. The van der Waals surface area contributed by atoms with E-state index in [1.807, 2.05) is 0 Å². The van der Waals surface area contributed by atoms with Gasteiger partial charge in [0.15, 0.2) is 0 Å². The number of non-ortho nitro benzene ring substituents is 1. The van der Waals surface area contributed by atoms with Gasteiger partial charge in [0.05, 0.1) is 15.6 Å². The molecule has 0 aliphatic heterocycles. The van der Waals surface area contributed by atoms with Crippen LogP contribution >= 0.6 is 11.6 Å². The topological polar surface area (TPSA) is 80.1 Å². The van der Waals surface area contributed by atoms with Gasteiger partial charge in [-0.05, 0) is 18.2 Å². The van der Waals surface area contributed by atoms with Crippen LogP contribution in [0.4, 0.5) is 17.1 Å². The molecule has 104 valence electrons. The number of benzene rings is 1. The van der Waals surface area contributed by atoms with E-state index < -0.39 is 4.92 Å². The van der Waals surface area contributed by atoms with Gasteiger partial charge in [-0.1, -0.05) is 11.6 Å². The monoisotopic (exact) mass is 292 g/mol. The average Bonchev–Trinajstić information content (AvgIpc) is 2.46. The third-order valence-corrected chi connectivity index (χ3v) is 2.92. The first-order valence-corrected chi connectivity index (χ1v) is 6.36. The molecule has 0 saturated heterocycles. The molecule has 1 aromatic carbocycles. The third kappa shape index (κ3) is 3.83. The molecular formula is C13H13ClN4O2. The Morgan fingerprint density at radius 1 is 1.15 bits per heavy atom. The molecule has 0 fully saturated rings. The summed E-state index contributed by atoms with van der Waals surface area (Å²) in [5, 5.41) is 17.4. The molecule has 0 aliphatic rings. The SMILES string of the molecule is O=[N+]([O-])c1ccc(NCCNc2ccncc2Cl)cc1. The second-order valence-electron chi connectivity index (χ2n) is 4.01. The summed E-state index contributed by atoms with van der Waals surface area (Å²) in [5.41, 5.74) is 1.74. The summed E-state index contributed by atoms with van der Waals surface area (Å²) in [6, 6.07) is 8.09. The summed E-state index contributed by atoms with van der Waals surface area (Å²) in [4.78, 5) is 14.0.